The van der Waals surface area contributed by atoms with Crippen molar-refractivity contribution in [2.45, 2.75) is 67.7 Å². The summed E-state index contributed by atoms with van der Waals surface area (Å²) in [6, 6.07) is 7.67. The molecule has 2 aromatic heterocycles. The van der Waals surface area contributed by atoms with Gasteiger partial charge in [0.1, 0.15) is 35.6 Å². The Kier molecular flexibility index (Phi) is 7.03. The number of alkyl halides is 1. The molecule has 6 nitrogen and oxygen atoms in total. The normalized spacial score (nSPS) is 24.6. The lowest BCUT2D eigenvalue weighted by atomic mass is 9.95. The lowest BCUT2D eigenvalue weighted by Crippen LogP contribution is -2.40. The van der Waals surface area contributed by atoms with Gasteiger partial charge in [-0.1, -0.05) is 24.8 Å². The zero-order chi connectivity index (χ0) is 30.9. The minimum atomic E-state index is -0.835. The van der Waals surface area contributed by atoms with Gasteiger partial charge in [-0.15, -0.1) is 18.2 Å². The molecule has 2 aromatic carbocycles. The standard InChI is InChI=1S/C35H33F3N4O2S/c1-2-24-26(37)9-8-20-13-23(43)14-25(29(20)24)32-31(38)33-30-27(42-12-5-3-4-7-22(42)18-44-34(30)40-32)15-28(39-33)45-19-35-10-6-11-41(35)17-21(36)16-35/h1,8-9,13-15,21-22,43H,3-7,10-12,16-19H2/t21-,22+,35+/m1/s1. The number of halogens is 3. The van der Waals surface area contributed by atoms with Crippen molar-refractivity contribution < 1.29 is 23.0 Å². The number of aromatic hydroxyl groups is 1. The molecule has 0 bridgehead atoms. The van der Waals surface area contributed by atoms with E-state index in [4.69, 9.17) is 21.1 Å². The molecule has 232 valence electrons. The Balaban J connectivity index is 1.33. The minimum absolute atomic E-state index is 0.0370. The second kappa shape index (κ2) is 11.0. The molecule has 8 rings (SSSR count). The molecule has 3 atom stereocenters. The number of terminal acetylenes is 1. The molecule has 10 heteroatoms. The van der Waals surface area contributed by atoms with E-state index in [0.717, 1.165) is 57.3 Å². The van der Waals surface area contributed by atoms with E-state index in [-0.39, 0.29) is 50.9 Å². The van der Waals surface area contributed by atoms with E-state index in [1.807, 2.05) is 6.07 Å². The second-order valence-corrected chi connectivity index (χ2v) is 13.8. The molecule has 0 unspecified atom stereocenters. The van der Waals surface area contributed by atoms with Gasteiger partial charge in [0, 0.05) is 35.3 Å². The summed E-state index contributed by atoms with van der Waals surface area (Å²) in [6.45, 7) is 2.55. The summed E-state index contributed by atoms with van der Waals surface area (Å²) in [5.41, 5.74) is 0.737. The fraction of sp³-hybridized carbons (Fsp3) is 0.429. The molecule has 1 N–H and O–H groups in total. The van der Waals surface area contributed by atoms with Gasteiger partial charge in [0.2, 0.25) is 5.88 Å². The van der Waals surface area contributed by atoms with Crippen LogP contribution < -0.4 is 9.64 Å². The van der Waals surface area contributed by atoms with Gasteiger partial charge in [-0.05, 0) is 68.3 Å². The largest absolute Gasteiger partial charge is 0.508 e. The number of thioether (sulfide) groups is 1. The van der Waals surface area contributed by atoms with Crippen molar-refractivity contribution in [1.29, 1.82) is 0 Å². The number of phenolic OH excluding ortho intramolecular Hbond substituents is 1. The Morgan fingerprint density at radius 3 is 2.84 bits per heavy atom. The fourth-order valence-corrected chi connectivity index (χ4v) is 9.25. The van der Waals surface area contributed by atoms with Gasteiger partial charge in [-0.2, -0.15) is 0 Å². The molecule has 6 heterocycles. The van der Waals surface area contributed by atoms with Crippen LogP contribution in [0.5, 0.6) is 11.6 Å². The highest BCUT2D eigenvalue weighted by Crippen LogP contribution is 2.47. The fourth-order valence-electron chi connectivity index (χ4n) is 8.03. The highest BCUT2D eigenvalue weighted by Gasteiger charge is 2.48. The summed E-state index contributed by atoms with van der Waals surface area (Å²) in [7, 11) is 0. The summed E-state index contributed by atoms with van der Waals surface area (Å²) < 4.78 is 52.8. The summed E-state index contributed by atoms with van der Waals surface area (Å²) in [4.78, 5) is 14.2. The van der Waals surface area contributed by atoms with Crippen LogP contribution >= 0.6 is 11.8 Å². The van der Waals surface area contributed by atoms with E-state index in [1.54, 1.807) is 11.8 Å². The van der Waals surface area contributed by atoms with E-state index in [1.165, 1.54) is 24.3 Å². The predicted octanol–water partition coefficient (Wildman–Crippen LogP) is 7.23. The highest BCUT2D eigenvalue weighted by atomic mass is 32.2. The van der Waals surface area contributed by atoms with Crippen molar-refractivity contribution in [2.24, 2.45) is 0 Å². The van der Waals surface area contributed by atoms with Crippen molar-refractivity contribution in [3.8, 4) is 35.2 Å². The van der Waals surface area contributed by atoms with Gasteiger partial charge in [0.05, 0.1) is 27.7 Å². The molecule has 45 heavy (non-hydrogen) atoms. The summed E-state index contributed by atoms with van der Waals surface area (Å²) in [5.74, 6) is 1.87. The first-order chi connectivity index (χ1) is 21.8. The van der Waals surface area contributed by atoms with Crippen LogP contribution in [0.2, 0.25) is 0 Å². The van der Waals surface area contributed by atoms with Crippen LogP contribution in [0.4, 0.5) is 18.9 Å². The SMILES string of the molecule is C#Cc1c(F)ccc2cc(O)cc(-c3nc4c5c(cc(SC[C@@]67CCCN6C[C@H](F)C7)nc5c3F)N3CCCCC[C@H]3CO4)c12. The van der Waals surface area contributed by atoms with Crippen LogP contribution in [0.1, 0.15) is 50.5 Å². The highest BCUT2D eigenvalue weighted by molar-refractivity contribution is 7.99. The lowest BCUT2D eigenvalue weighted by molar-refractivity contribution is 0.222. The first-order valence-electron chi connectivity index (χ1n) is 15.7. The number of hydrogen-bond donors (Lipinski definition) is 1. The smallest absolute Gasteiger partial charge is 0.225 e. The summed E-state index contributed by atoms with van der Waals surface area (Å²) >= 11 is 1.55. The molecule has 4 aliphatic heterocycles. The van der Waals surface area contributed by atoms with E-state index in [9.17, 15) is 13.9 Å². The molecule has 4 aliphatic rings. The van der Waals surface area contributed by atoms with Crippen LogP contribution in [-0.2, 0) is 0 Å². The Morgan fingerprint density at radius 1 is 1.09 bits per heavy atom. The molecule has 0 aliphatic carbocycles. The Labute approximate surface area is 264 Å². The number of aromatic nitrogens is 2. The molecule has 4 aromatic rings. The van der Waals surface area contributed by atoms with Gasteiger partial charge in [0.15, 0.2) is 5.82 Å². The average Bonchev–Trinajstić information content (AvgIpc) is 3.38. The van der Waals surface area contributed by atoms with E-state index < -0.39 is 17.8 Å². The predicted molar refractivity (Wildman–Crippen MR) is 171 cm³/mol. The molecule has 3 saturated heterocycles. The summed E-state index contributed by atoms with van der Waals surface area (Å²) in [5, 5.41) is 12.5. The molecular formula is C35H33F3N4O2S. The number of nitrogens with zero attached hydrogens (tertiary/aromatic N) is 4. The van der Waals surface area contributed by atoms with Crippen molar-refractivity contribution >= 4 is 39.1 Å². The minimum Gasteiger partial charge on any atom is -0.508 e. The molecule has 3 fully saturated rings. The first-order valence-corrected chi connectivity index (χ1v) is 16.7. The number of phenols is 1. The Morgan fingerprint density at radius 2 is 1.98 bits per heavy atom. The molecule has 0 radical (unpaired) electrons. The molecule has 0 saturated carbocycles. The maximum absolute atomic E-state index is 17.0. The van der Waals surface area contributed by atoms with Crippen molar-refractivity contribution in [3.63, 3.8) is 0 Å². The Hall–Kier alpha value is -3.68. The summed E-state index contributed by atoms with van der Waals surface area (Å²) in [6.07, 6.45) is 11.5. The van der Waals surface area contributed by atoms with Crippen LogP contribution in [-0.4, -0.2) is 69.7 Å². The second-order valence-electron chi connectivity index (χ2n) is 12.8. The van der Waals surface area contributed by atoms with E-state index >= 15 is 4.39 Å². The van der Waals surface area contributed by atoms with Gasteiger partial charge < -0.3 is 14.7 Å². The average molecular weight is 631 g/mol. The number of fused-ring (bicyclic) bond motifs is 4. The van der Waals surface area contributed by atoms with Gasteiger partial charge in [0.25, 0.3) is 0 Å². The number of hydrogen-bond acceptors (Lipinski definition) is 7. The van der Waals surface area contributed by atoms with E-state index in [0.29, 0.717) is 41.1 Å². The van der Waals surface area contributed by atoms with Crippen LogP contribution in [0.25, 0.3) is 32.9 Å². The number of rotatable bonds is 4. The monoisotopic (exact) mass is 630 g/mol. The maximum atomic E-state index is 17.0. The first kappa shape index (κ1) is 28.8. The quantitative estimate of drug-likeness (QED) is 0.189. The van der Waals surface area contributed by atoms with Crippen molar-refractivity contribution in [1.82, 2.24) is 14.9 Å². The lowest BCUT2D eigenvalue weighted by Gasteiger charge is -2.32. The number of ether oxygens (including phenoxy) is 1. The third kappa shape index (κ3) is 4.69. The van der Waals surface area contributed by atoms with Gasteiger partial charge >= 0.3 is 0 Å². The number of anilines is 1. The third-order valence-electron chi connectivity index (χ3n) is 10.1. The van der Waals surface area contributed by atoms with E-state index in [2.05, 4.69) is 15.7 Å². The van der Waals surface area contributed by atoms with Gasteiger partial charge in [-0.25, -0.2) is 23.1 Å². The van der Waals surface area contributed by atoms with Crippen molar-refractivity contribution in [3.05, 3.63) is 47.5 Å². The zero-order valence-electron chi connectivity index (χ0n) is 24.8. The zero-order valence-corrected chi connectivity index (χ0v) is 25.6. The number of pyridine rings is 2. The van der Waals surface area contributed by atoms with Gasteiger partial charge in [-0.3, -0.25) is 4.90 Å². The third-order valence-corrected chi connectivity index (χ3v) is 11.3. The maximum Gasteiger partial charge on any atom is 0.225 e. The van der Waals surface area contributed by atoms with Crippen LogP contribution in [0.15, 0.2) is 35.4 Å². The van der Waals surface area contributed by atoms with Crippen LogP contribution in [0, 0.1) is 24.0 Å². The molecule has 0 amide bonds. The molecular weight excluding hydrogens is 597 g/mol. The molecule has 0 spiro atoms. The topological polar surface area (TPSA) is 61.7 Å². The number of benzene rings is 2. The Bertz CT molecular complexity index is 1900. The van der Waals surface area contributed by atoms with Crippen LogP contribution in [0.3, 0.4) is 0 Å². The van der Waals surface area contributed by atoms with Crippen molar-refractivity contribution in [2.75, 3.05) is 36.9 Å².